The monoisotopic (exact) mass is 474 g/mol. The van der Waals surface area contributed by atoms with Crippen LogP contribution in [0.2, 0.25) is 5.02 Å². The lowest BCUT2D eigenvalue weighted by Crippen LogP contribution is -2.18. The molecule has 10 nitrogen and oxygen atoms in total. The highest BCUT2D eigenvalue weighted by atomic mass is 35.5. The standard InChI is InChI=1S/C20H19ClN6O4S/c1-2-26-17(11-18(28)23-16-6-4-3-5-15(16)21)24-25-20(26)32-12-19(29)22-13-7-9-14(10-8-13)27(30)31/h3-10H,2,11-12H2,1H3,(H,22,29)(H,23,28). The number of amides is 2. The van der Waals surface area contributed by atoms with Gasteiger partial charge in [0.05, 0.1) is 27.8 Å². The Hall–Kier alpha value is -3.44. The summed E-state index contributed by atoms with van der Waals surface area (Å²) in [5.74, 6) is -0.0588. The molecule has 0 saturated carbocycles. The summed E-state index contributed by atoms with van der Waals surface area (Å²) < 4.78 is 1.76. The number of thioether (sulfide) groups is 1. The topological polar surface area (TPSA) is 132 Å². The number of halogens is 1. The van der Waals surface area contributed by atoms with Crippen molar-refractivity contribution in [1.29, 1.82) is 0 Å². The lowest BCUT2D eigenvalue weighted by atomic mass is 10.3. The van der Waals surface area contributed by atoms with Gasteiger partial charge >= 0.3 is 0 Å². The van der Waals surface area contributed by atoms with Gasteiger partial charge in [0.2, 0.25) is 11.8 Å². The number of anilines is 2. The van der Waals surface area contributed by atoms with Gasteiger partial charge in [0.15, 0.2) is 5.16 Å². The van der Waals surface area contributed by atoms with Crippen LogP contribution in [0.25, 0.3) is 0 Å². The molecular weight excluding hydrogens is 456 g/mol. The highest BCUT2D eigenvalue weighted by molar-refractivity contribution is 7.99. The Kier molecular flexibility index (Phi) is 7.79. The number of nitro benzene ring substituents is 1. The number of aromatic nitrogens is 3. The van der Waals surface area contributed by atoms with Crippen LogP contribution in [-0.4, -0.2) is 37.3 Å². The third-order valence-corrected chi connectivity index (χ3v) is 5.57. The smallest absolute Gasteiger partial charge is 0.269 e. The lowest BCUT2D eigenvalue weighted by molar-refractivity contribution is -0.384. The first kappa shape index (κ1) is 23.2. The van der Waals surface area contributed by atoms with Crippen LogP contribution in [0, 0.1) is 10.1 Å². The van der Waals surface area contributed by atoms with Crippen molar-refractivity contribution in [2.24, 2.45) is 0 Å². The molecule has 0 fully saturated rings. The number of nitrogens with zero attached hydrogens (tertiary/aromatic N) is 4. The number of carbonyl (C=O) groups is 2. The molecule has 166 valence electrons. The van der Waals surface area contributed by atoms with E-state index in [1.54, 1.807) is 28.8 Å². The van der Waals surface area contributed by atoms with E-state index in [-0.39, 0.29) is 29.7 Å². The number of carbonyl (C=O) groups excluding carboxylic acids is 2. The van der Waals surface area contributed by atoms with E-state index in [0.717, 1.165) is 0 Å². The number of hydrogen-bond acceptors (Lipinski definition) is 7. The molecule has 1 aromatic heterocycles. The van der Waals surface area contributed by atoms with Gasteiger partial charge in [-0.15, -0.1) is 10.2 Å². The quantitative estimate of drug-likeness (QED) is 0.274. The first-order chi connectivity index (χ1) is 15.4. The summed E-state index contributed by atoms with van der Waals surface area (Å²) in [7, 11) is 0. The highest BCUT2D eigenvalue weighted by Gasteiger charge is 2.17. The SMILES string of the molecule is CCn1c(CC(=O)Nc2ccccc2Cl)nnc1SCC(=O)Nc1ccc([N+](=O)[O-])cc1. The van der Waals surface area contributed by atoms with Crippen LogP contribution in [0.3, 0.4) is 0 Å². The number of nitro groups is 1. The molecule has 0 aliphatic carbocycles. The summed E-state index contributed by atoms with van der Waals surface area (Å²) in [5.41, 5.74) is 0.911. The number of non-ortho nitro benzene ring substituents is 1. The molecule has 1 heterocycles. The Balaban J connectivity index is 1.57. The number of para-hydroxylation sites is 1. The third-order valence-electron chi connectivity index (χ3n) is 4.27. The van der Waals surface area contributed by atoms with Gasteiger partial charge in [-0.3, -0.25) is 19.7 Å². The van der Waals surface area contributed by atoms with E-state index in [2.05, 4.69) is 20.8 Å². The van der Waals surface area contributed by atoms with Crippen LogP contribution >= 0.6 is 23.4 Å². The Morgan fingerprint density at radius 3 is 2.47 bits per heavy atom. The minimum Gasteiger partial charge on any atom is -0.325 e. The molecule has 2 amide bonds. The van der Waals surface area contributed by atoms with Crippen molar-refractivity contribution in [3.05, 3.63) is 69.5 Å². The first-order valence-corrected chi connectivity index (χ1v) is 10.9. The van der Waals surface area contributed by atoms with Crippen LogP contribution in [-0.2, 0) is 22.6 Å². The normalized spacial score (nSPS) is 10.6. The Morgan fingerprint density at radius 1 is 1.09 bits per heavy atom. The van der Waals surface area contributed by atoms with E-state index in [1.165, 1.54) is 36.0 Å². The maximum Gasteiger partial charge on any atom is 0.269 e. The average molecular weight is 475 g/mol. The molecular formula is C20H19ClN6O4S. The van der Waals surface area contributed by atoms with E-state index in [9.17, 15) is 19.7 Å². The zero-order chi connectivity index (χ0) is 23.1. The molecule has 0 aliphatic rings. The van der Waals surface area contributed by atoms with Gasteiger partial charge in [-0.05, 0) is 31.2 Å². The van der Waals surface area contributed by atoms with E-state index < -0.39 is 4.92 Å². The Bertz CT molecular complexity index is 1140. The summed E-state index contributed by atoms with van der Waals surface area (Å²) in [4.78, 5) is 34.8. The fourth-order valence-corrected chi connectivity index (χ4v) is 3.77. The largest absolute Gasteiger partial charge is 0.325 e. The van der Waals surface area contributed by atoms with Gasteiger partial charge in [0.25, 0.3) is 5.69 Å². The van der Waals surface area contributed by atoms with Gasteiger partial charge in [-0.2, -0.15) is 0 Å². The summed E-state index contributed by atoms with van der Waals surface area (Å²) in [6.07, 6.45) is 0.00160. The summed E-state index contributed by atoms with van der Waals surface area (Å²) >= 11 is 7.24. The first-order valence-electron chi connectivity index (χ1n) is 9.51. The Labute approximate surface area is 192 Å². The molecule has 0 radical (unpaired) electrons. The van der Waals surface area contributed by atoms with Crippen molar-refractivity contribution < 1.29 is 14.5 Å². The molecule has 3 aromatic rings. The fraction of sp³-hybridized carbons (Fsp3) is 0.200. The van der Waals surface area contributed by atoms with Gasteiger partial charge in [0.1, 0.15) is 5.82 Å². The summed E-state index contributed by atoms with van der Waals surface area (Å²) in [6, 6.07) is 12.5. The maximum atomic E-state index is 12.4. The molecule has 2 aromatic carbocycles. The molecule has 0 bridgehead atoms. The fourth-order valence-electron chi connectivity index (χ4n) is 2.77. The maximum absolute atomic E-state index is 12.4. The molecule has 0 unspecified atom stereocenters. The van der Waals surface area contributed by atoms with Crippen LogP contribution in [0.1, 0.15) is 12.7 Å². The molecule has 0 saturated heterocycles. The second kappa shape index (κ2) is 10.7. The van der Waals surface area contributed by atoms with Gasteiger partial charge in [0, 0.05) is 24.4 Å². The van der Waals surface area contributed by atoms with Crippen molar-refractivity contribution in [1.82, 2.24) is 14.8 Å². The average Bonchev–Trinajstić information content (AvgIpc) is 3.15. The number of rotatable bonds is 9. The minimum absolute atomic E-state index is 0.00160. The molecule has 0 spiro atoms. The predicted molar refractivity (Wildman–Crippen MR) is 122 cm³/mol. The van der Waals surface area contributed by atoms with Crippen molar-refractivity contribution in [2.45, 2.75) is 25.0 Å². The van der Waals surface area contributed by atoms with Gasteiger partial charge in [-0.25, -0.2) is 0 Å². The molecule has 0 atom stereocenters. The van der Waals surface area contributed by atoms with Crippen LogP contribution in [0.4, 0.5) is 17.1 Å². The van der Waals surface area contributed by atoms with Crippen molar-refractivity contribution >= 4 is 52.2 Å². The summed E-state index contributed by atoms with van der Waals surface area (Å²) in [5, 5.41) is 25.2. The van der Waals surface area contributed by atoms with E-state index in [1.807, 2.05) is 6.92 Å². The van der Waals surface area contributed by atoms with Crippen molar-refractivity contribution in [3.63, 3.8) is 0 Å². The van der Waals surface area contributed by atoms with Crippen LogP contribution in [0.5, 0.6) is 0 Å². The second-order valence-electron chi connectivity index (χ2n) is 6.49. The number of hydrogen-bond donors (Lipinski definition) is 2. The number of benzene rings is 2. The molecule has 3 rings (SSSR count). The van der Waals surface area contributed by atoms with Crippen LogP contribution < -0.4 is 10.6 Å². The van der Waals surface area contributed by atoms with E-state index in [4.69, 9.17) is 11.6 Å². The Morgan fingerprint density at radius 2 is 1.81 bits per heavy atom. The second-order valence-corrected chi connectivity index (χ2v) is 7.84. The van der Waals surface area contributed by atoms with E-state index >= 15 is 0 Å². The van der Waals surface area contributed by atoms with Crippen molar-refractivity contribution in [3.8, 4) is 0 Å². The zero-order valence-corrected chi connectivity index (χ0v) is 18.5. The molecule has 32 heavy (non-hydrogen) atoms. The third kappa shape index (κ3) is 6.05. The predicted octanol–water partition coefficient (Wildman–Crippen LogP) is 3.77. The summed E-state index contributed by atoms with van der Waals surface area (Å²) in [6.45, 7) is 2.41. The molecule has 12 heteroatoms. The highest BCUT2D eigenvalue weighted by Crippen LogP contribution is 2.22. The van der Waals surface area contributed by atoms with Gasteiger partial charge < -0.3 is 15.2 Å². The van der Waals surface area contributed by atoms with Crippen LogP contribution in [0.15, 0.2) is 53.7 Å². The zero-order valence-electron chi connectivity index (χ0n) is 16.9. The minimum atomic E-state index is -0.509. The molecule has 0 aliphatic heterocycles. The molecule has 2 N–H and O–H groups in total. The lowest BCUT2D eigenvalue weighted by Gasteiger charge is -2.09. The van der Waals surface area contributed by atoms with E-state index in [0.29, 0.717) is 33.9 Å². The van der Waals surface area contributed by atoms with Gasteiger partial charge in [-0.1, -0.05) is 35.5 Å². The van der Waals surface area contributed by atoms with Crippen molar-refractivity contribution in [2.75, 3.05) is 16.4 Å². The number of nitrogens with one attached hydrogen (secondary N) is 2.